The Morgan fingerprint density at radius 2 is 1.00 bits per heavy atom. The number of esters is 2. The topological polar surface area (TPSA) is 52.6 Å². The summed E-state index contributed by atoms with van der Waals surface area (Å²) in [6.07, 6.45) is 11.6. The number of ether oxygens (including phenoxy) is 2. The molecule has 0 bridgehead atoms. The van der Waals surface area contributed by atoms with Gasteiger partial charge in [-0.1, -0.05) is 34.4 Å². The number of allylic oxidation sites excluding steroid dienone is 6. The fourth-order valence-electron chi connectivity index (χ4n) is 2.15. The van der Waals surface area contributed by atoms with E-state index in [1.165, 1.54) is 11.1 Å². The molecule has 0 heterocycles. The van der Waals surface area contributed by atoms with Crippen LogP contribution < -0.4 is 0 Å². The molecular formula is C23H36O4. The molecule has 0 saturated heterocycles. The summed E-state index contributed by atoms with van der Waals surface area (Å²) in [5, 5.41) is 0. The van der Waals surface area contributed by atoms with E-state index in [1.54, 1.807) is 0 Å². The molecule has 4 nitrogen and oxygen atoms in total. The van der Waals surface area contributed by atoms with Gasteiger partial charge in [0, 0.05) is 0 Å². The van der Waals surface area contributed by atoms with Gasteiger partial charge in [-0.3, -0.25) is 9.59 Å². The highest BCUT2D eigenvalue weighted by atomic mass is 16.6. The Bertz CT molecular complexity index is 531. The van der Waals surface area contributed by atoms with Crippen molar-refractivity contribution in [1.29, 1.82) is 0 Å². The monoisotopic (exact) mass is 376 g/mol. The SMILES string of the molecule is CC(C)=CCCC(C)=CCOC(=O)CC(=O)OCC=C(C)CCC=C(C)C. The third-order valence-corrected chi connectivity index (χ3v) is 3.82. The minimum absolute atomic E-state index is 0.191. The van der Waals surface area contributed by atoms with Crippen LogP contribution in [0.4, 0.5) is 0 Å². The Morgan fingerprint density at radius 1 is 0.630 bits per heavy atom. The summed E-state index contributed by atoms with van der Waals surface area (Å²) in [6, 6.07) is 0. The third kappa shape index (κ3) is 17.1. The van der Waals surface area contributed by atoms with Gasteiger partial charge in [-0.25, -0.2) is 0 Å². The molecule has 0 aromatic rings. The molecule has 0 spiro atoms. The second kappa shape index (κ2) is 15.0. The fraction of sp³-hybridized carbons (Fsp3) is 0.565. The highest BCUT2D eigenvalue weighted by Crippen LogP contribution is 2.07. The standard InChI is InChI=1S/C23H36O4/c1-18(2)9-7-11-20(5)13-15-26-22(24)17-23(25)27-16-14-21(6)12-8-10-19(3)4/h9-10,13-14H,7-8,11-12,15-17H2,1-6H3. The van der Waals surface area contributed by atoms with E-state index in [4.69, 9.17) is 9.47 Å². The number of hydrogen-bond acceptors (Lipinski definition) is 4. The summed E-state index contributed by atoms with van der Waals surface area (Å²) in [5.74, 6) is -1.12. The Labute approximate surface area is 165 Å². The maximum atomic E-state index is 11.7. The van der Waals surface area contributed by atoms with Crippen molar-refractivity contribution in [2.24, 2.45) is 0 Å². The van der Waals surface area contributed by atoms with Crippen LogP contribution in [0.2, 0.25) is 0 Å². The smallest absolute Gasteiger partial charge is 0.317 e. The van der Waals surface area contributed by atoms with E-state index in [1.807, 2.05) is 26.0 Å². The number of carbonyl (C=O) groups is 2. The molecule has 0 aliphatic rings. The average molecular weight is 377 g/mol. The maximum absolute atomic E-state index is 11.7. The van der Waals surface area contributed by atoms with Crippen molar-refractivity contribution in [2.45, 2.75) is 73.6 Å². The summed E-state index contributed by atoms with van der Waals surface area (Å²) in [5.41, 5.74) is 4.92. The average Bonchev–Trinajstić information content (AvgIpc) is 2.54. The maximum Gasteiger partial charge on any atom is 0.317 e. The first-order chi connectivity index (χ1) is 12.7. The molecular weight excluding hydrogens is 340 g/mol. The summed E-state index contributed by atoms with van der Waals surface area (Å²) in [7, 11) is 0. The second-order valence-corrected chi connectivity index (χ2v) is 7.28. The highest BCUT2D eigenvalue weighted by Gasteiger charge is 2.11. The summed E-state index contributed by atoms with van der Waals surface area (Å²) in [4.78, 5) is 23.3. The van der Waals surface area contributed by atoms with Gasteiger partial charge in [-0.2, -0.15) is 0 Å². The predicted octanol–water partition coefficient (Wildman–Crippen LogP) is 5.85. The highest BCUT2D eigenvalue weighted by molar-refractivity contribution is 5.91. The molecule has 0 fully saturated rings. The van der Waals surface area contributed by atoms with E-state index in [0.717, 1.165) is 36.8 Å². The number of carbonyl (C=O) groups excluding carboxylic acids is 2. The molecule has 0 rings (SSSR count). The molecule has 0 saturated carbocycles. The quantitative estimate of drug-likeness (QED) is 0.244. The lowest BCUT2D eigenvalue weighted by atomic mass is 10.1. The summed E-state index contributed by atoms with van der Waals surface area (Å²) < 4.78 is 10.1. The van der Waals surface area contributed by atoms with Crippen LogP contribution in [-0.2, 0) is 19.1 Å². The lowest BCUT2D eigenvalue weighted by Crippen LogP contribution is -2.14. The van der Waals surface area contributed by atoms with E-state index in [9.17, 15) is 9.59 Å². The Balaban J connectivity index is 3.99. The molecule has 4 heteroatoms. The van der Waals surface area contributed by atoms with Crippen LogP contribution in [0.25, 0.3) is 0 Å². The van der Waals surface area contributed by atoms with Crippen LogP contribution in [0.1, 0.15) is 73.6 Å². The van der Waals surface area contributed by atoms with Crippen LogP contribution in [0.5, 0.6) is 0 Å². The van der Waals surface area contributed by atoms with Gasteiger partial charge in [0.1, 0.15) is 19.6 Å². The summed E-state index contributed by atoms with van der Waals surface area (Å²) >= 11 is 0. The van der Waals surface area contributed by atoms with Gasteiger partial charge < -0.3 is 9.47 Å². The molecule has 0 atom stereocenters. The molecule has 0 aromatic heterocycles. The van der Waals surface area contributed by atoms with Crippen molar-refractivity contribution >= 4 is 11.9 Å². The van der Waals surface area contributed by atoms with Crippen LogP contribution in [-0.4, -0.2) is 25.2 Å². The summed E-state index contributed by atoms with van der Waals surface area (Å²) in [6.45, 7) is 12.7. The van der Waals surface area contributed by atoms with E-state index in [2.05, 4.69) is 39.8 Å². The first-order valence-electron chi connectivity index (χ1n) is 9.60. The van der Waals surface area contributed by atoms with Gasteiger partial charge in [0.25, 0.3) is 0 Å². The molecule has 0 amide bonds. The van der Waals surface area contributed by atoms with E-state index in [-0.39, 0.29) is 19.6 Å². The van der Waals surface area contributed by atoms with Gasteiger partial charge in [0.15, 0.2) is 0 Å². The lowest BCUT2D eigenvalue weighted by molar-refractivity contribution is -0.153. The number of rotatable bonds is 12. The van der Waals surface area contributed by atoms with E-state index in [0.29, 0.717) is 0 Å². The zero-order valence-electron chi connectivity index (χ0n) is 17.9. The zero-order chi connectivity index (χ0) is 20.7. The van der Waals surface area contributed by atoms with Gasteiger partial charge >= 0.3 is 11.9 Å². The minimum atomic E-state index is -0.558. The van der Waals surface area contributed by atoms with Crippen molar-refractivity contribution in [2.75, 3.05) is 13.2 Å². The Kier molecular flexibility index (Phi) is 13.8. The first kappa shape index (κ1) is 24.9. The molecule has 0 aliphatic heterocycles. The van der Waals surface area contributed by atoms with Gasteiger partial charge in [0.05, 0.1) is 0 Å². The van der Waals surface area contributed by atoms with E-state index >= 15 is 0 Å². The van der Waals surface area contributed by atoms with Crippen molar-refractivity contribution in [3.63, 3.8) is 0 Å². The van der Waals surface area contributed by atoms with Gasteiger partial charge in [-0.15, -0.1) is 0 Å². The molecule has 0 radical (unpaired) electrons. The van der Waals surface area contributed by atoms with Crippen LogP contribution in [0.15, 0.2) is 46.6 Å². The number of hydrogen-bond donors (Lipinski definition) is 0. The predicted molar refractivity (Wildman–Crippen MR) is 111 cm³/mol. The molecule has 152 valence electrons. The van der Waals surface area contributed by atoms with Gasteiger partial charge in [0.2, 0.25) is 0 Å². The largest absolute Gasteiger partial charge is 0.461 e. The van der Waals surface area contributed by atoms with Crippen LogP contribution >= 0.6 is 0 Å². The van der Waals surface area contributed by atoms with Gasteiger partial charge in [-0.05, 0) is 79.4 Å². The van der Waals surface area contributed by atoms with Crippen molar-refractivity contribution < 1.29 is 19.1 Å². The van der Waals surface area contributed by atoms with E-state index < -0.39 is 11.9 Å². The first-order valence-corrected chi connectivity index (χ1v) is 9.60. The third-order valence-electron chi connectivity index (χ3n) is 3.82. The Hall–Kier alpha value is -2.10. The minimum Gasteiger partial charge on any atom is -0.461 e. The molecule has 0 aliphatic carbocycles. The lowest BCUT2D eigenvalue weighted by Gasteiger charge is -2.05. The zero-order valence-corrected chi connectivity index (χ0v) is 17.9. The van der Waals surface area contributed by atoms with Crippen molar-refractivity contribution in [3.05, 3.63) is 46.6 Å². The molecule has 27 heavy (non-hydrogen) atoms. The molecule has 0 unspecified atom stereocenters. The normalized spacial score (nSPS) is 11.6. The molecule has 0 aromatic carbocycles. The fourth-order valence-corrected chi connectivity index (χ4v) is 2.15. The second-order valence-electron chi connectivity index (χ2n) is 7.28. The Morgan fingerprint density at radius 3 is 1.33 bits per heavy atom. The molecule has 0 N–H and O–H groups in total. The van der Waals surface area contributed by atoms with Crippen LogP contribution in [0.3, 0.4) is 0 Å². The van der Waals surface area contributed by atoms with Crippen molar-refractivity contribution in [3.8, 4) is 0 Å². The van der Waals surface area contributed by atoms with Crippen molar-refractivity contribution in [1.82, 2.24) is 0 Å². The van der Waals surface area contributed by atoms with Crippen LogP contribution in [0, 0.1) is 0 Å².